The molecule has 5 heteroatoms. The Morgan fingerprint density at radius 3 is 2.67 bits per heavy atom. The number of hydrogen-bond donors (Lipinski definition) is 0. The molecule has 1 amide bonds. The number of aromatic nitrogens is 2. The average molecular weight is 361 g/mol. The van der Waals surface area contributed by atoms with Gasteiger partial charge in [0.2, 0.25) is 5.91 Å². The molecule has 1 aliphatic heterocycles. The minimum Gasteiger partial charge on any atom is -0.332 e. The average Bonchev–Trinajstić information content (AvgIpc) is 3.37. The first-order valence-electron chi connectivity index (χ1n) is 9.05. The van der Waals surface area contributed by atoms with Gasteiger partial charge in [0.1, 0.15) is 5.82 Å². The van der Waals surface area contributed by atoms with E-state index in [0.717, 1.165) is 29.7 Å². The van der Waals surface area contributed by atoms with Crippen molar-refractivity contribution >= 4 is 12.0 Å². The van der Waals surface area contributed by atoms with Gasteiger partial charge in [0.05, 0.1) is 17.9 Å². The number of halogens is 1. The minimum absolute atomic E-state index is 0.00907. The standard InChI is InChI=1S/C22H20FN3O/c23-19-11-9-18(10-12-19)21-7-4-14-25(21)22(27)13-8-17-15-24-26(16-17)20-5-2-1-3-6-20/h1-3,5-6,8-13,15-16,21H,4,7,14H2/b13-8-/t21-/m1/s1. The van der Waals surface area contributed by atoms with E-state index in [1.807, 2.05) is 41.4 Å². The summed E-state index contributed by atoms with van der Waals surface area (Å²) in [5.74, 6) is -0.292. The van der Waals surface area contributed by atoms with E-state index in [4.69, 9.17) is 0 Å². The molecule has 4 nitrogen and oxygen atoms in total. The van der Waals surface area contributed by atoms with Crippen LogP contribution < -0.4 is 0 Å². The zero-order valence-electron chi connectivity index (χ0n) is 14.8. The number of hydrogen-bond acceptors (Lipinski definition) is 2. The van der Waals surface area contributed by atoms with Crippen molar-refractivity contribution in [2.75, 3.05) is 6.54 Å². The van der Waals surface area contributed by atoms with E-state index in [-0.39, 0.29) is 17.8 Å². The molecule has 1 fully saturated rings. The van der Waals surface area contributed by atoms with E-state index in [0.29, 0.717) is 6.54 Å². The van der Waals surface area contributed by atoms with Crippen molar-refractivity contribution < 1.29 is 9.18 Å². The first kappa shape index (κ1) is 17.2. The van der Waals surface area contributed by atoms with Gasteiger partial charge >= 0.3 is 0 Å². The fourth-order valence-electron chi connectivity index (χ4n) is 3.47. The highest BCUT2D eigenvalue weighted by atomic mass is 19.1. The van der Waals surface area contributed by atoms with E-state index in [9.17, 15) is 9.18 Å². The molecule has 1 atom stereocenters. The van der Waals surface area contributed by atoms with Crippen LogP contribution >= 0.6 is 0 Å². The molecule has 0 bridgehead atoms. The predicted octanol–water partition coefficient (Wildman–Crippen LogP) is 4.39. The van der Waals surface area contributed by atoms with Gasteiger partial charge in [-0.25, -0.2) is 9.07 Å². The van der Waals surface area contributed by atoms with Gasteiger partial charge in [-0.05, 0) is 48.7 Å². The maximum atomic E-state index is 13.2. The number of carbonyl (C=O) groups is 1. The van der Waals surface area contributed by atoms with Crippen LogP contribution in [0.4, 0.5) is 4.39 Å². The van der Waals surface area contributed by atoms with Crippen LogP contribution in [0.2, 0.25) is 0 Å². The molecule has 0 aliphatic carbocycles. The highest BCUT2D eigenvalue weighted by Gasteiger charge is 2.28. The molecule has 27 heavy (non-hydrogen) atoms. The lowest BCUT2D eigenvalue weighted by atomic mass is 10.0. The van der Waals surface area contributed by atoms with Crippen LogP contribution in [0.25, 0.3) is 11.8 Å². The van der Waals surface area contributed by atoms with E-state index in [1.165, 1.54) is 12.1 Å². The van der Waals surface area contributed by atoms with Gasteiger partial charge < -0.3 is 4.90 Å². The number of rotatable bonds is 4. The van der Waals surface area contributed by atoms with Gasteiger partial charge in [0, 0.05) is 24.4 Å². The van der Waals surface area contributed by atoms with E-state index in [1.54, 1.807) is 35.2 Å². The Kier molecular flexibility index (Phi) is 4.83. The Labute approximate surface area is 157 Å². The molecule has 3 aromatic rings. The molecule has 1 aliphatic rings. The number of amides is 1. The quantitative estimate of drug-likeness (QED) is 0.647. The lowest BCUT2D eigenvalue weighted by Crippen LogP contribution is -2.28. The third kappa shape index (κ3) is 3.82. The zero-order chi connectivity index (χ0) is 18.6. The fraction of sp³-hybridized carbons (Fsp3) is 0.182. The molecular formula is C22H20FN3O. The van der Waals surface area contributed by atoms with Gasteiger partial charge in [-0.2, -0.15) is 5.10 Å². The topological polar surface area (TPSA) is 38.1 Å². The second-order valence-corrected chi connectivity index (χ2v) is 6.63. The number of benzene rings is 2. The molecule has 2 heterocycles. The molecule has 2 aromatic carbocycles. The van der Waals surface area contributed by atoms with Gasteiger partial charge in [0.15, 0.2) is 0 Å². The minimum atomic E-state index is -0.259. The summed E-state index contributed by atoms with van der Waals surface area (Å²) in [7, 11) is 0. The van der Waals surface area contributed by atoms with Gasteiger partial charge in [-0.1, -0.05) is 30.3 Å². The first-order valence-corrected chi connectivity index (χ1v) is 9.05. The highest BCUT2D eigenvalue weighted by Crippen LogP contribution is 2.32. The fourth-order valence-corrected chi connectivity index (χ4v) is 3.47. The third-order valence-electron chi connectivity index (χ3n) is 4.83. The molecule has 1 saturated heterocycles. The van der Waals surface area contributed by atoms with Crippen LogP contribution in [-0.2, 0) is 4.79 Å². The van der Waals surface area contributed by atoms with E-state index < -0.39 is 0 Å². The Balaban J connectivity index is 1.47. The normalized spacial score (nSPS) is 16.9. The second-order valence-electron chi connectivity index (χ2n) is 6.63. The second kappa shape index (κ2) is 7.58. The number of likely N-dealkylation sites (tertiary alicyclic amines) is 1. The molecule has 0 unspecified atom stereocenters. The Morgan fingerprint density at radius 1 is 1.11 bits per heavy atom. The predicted molar refractivity (Wildman–Crippen MR) is 103 cm³/mol. The summed E-state index contributed by atoms with van der Waals surface area (Å²) in [6.45, 7) is 0.717. The highest BCUT2D eigenvalue weighted by molar-refractivity contribution is 5.92. The SMILES string of the molecule is O=C(/C=C\c1cnn(-c2ccccc2)c1)N1CCC[C@@H]1c1ccc(F)cc1. The third-order valence-corrected chi connectivity index (χ3v) is 4.83. The Morgan fingerprint density at radius 2 is 1.89 bits per heavy atom. The van der Waals surface area contributed by atoms with E-state index >= 15 is 0 Å². The number of para-hydroxylation sites is 1. The van der Waals surface area contributed by atoms with Gasteiger partial charge in [-0.3, -0.25) is 4.79 Å². The zero-order valence-corrected chi connectivity index (χ0v) is 14.8. The summed E-state index contributed by atoms with van der Waals surface area (Å²) in [5.41, 5.74) is 2.82. The summed E-state index contributed by atoms with van der Waals surface area (Å²) in [5, 5.41) is 4.34. The van der Waals surface area contributed by atoms with Crippen LogP contribution in [0.3, 0.4) is 0 Å². The summed E-state index contributed by atoms with van der Waals surface area (Å²) in [6.07, 6.45) is 8.85. The summed E-state index contributed by atoms with van der Waals surface area (Å²) in [4.78, 5) is 14.5. The summed E-state index contributed by atoms with van der Waals surface area (Å²) >= 11 is 0. The smallest absolute Gasteiger partial charge is 0.247 e. The van der Waals surface area contributed by atoms with Crippen LogP contribution in [0, 0.1) is 5.82 Å². The Hall–Kier alpha value is -3.21. The summed E-state index contributed by atoms with van der Waals surface area (Å²) in [6, 6.07) is 16.3. The molecule has 1 aromatic heterocycles. The molecule has 136 valence electrons. The van der Waals surface area contributed by atoms with Gasteiger partial charge in [-0.15, -0.1) is 0 Å². The van der Waals surface area contributed by atoms with Crippen LogP contribution in [-0.4, -0.2) is 27.1 Å². The molecule has 0 saturated carbocycles. The van der Waals surface area contributed by atoms with Crippen LogP contribution in [0.5, 0.6) is 0 Å². The molecule has 0 N–H and O–H groups in total. The number of carbonyl (C=O) groups excluding carboxylic acids is 1. The van der Waals surface area contributed by atoms with E-state index in [2.05, 4.69) is 5.10 Å². The Bertz CT molecular complexity index is 947. The monoisotopic (exact) mass is 361 g/mol. The van der Waals surface area contributed by atoms with Crippen molar-refractivity contribution in [1.29, 1.82) is 0 Å². The molecule has 0 radical (unpaired) electrons. The van der Waals surface area contributed by atoms with Crippen LogP contribution in [0.1, 0.15) is 30.0 Å². The molecular weight excluding hydrogens is 341 g/mol. The number of nitrogens with zero attached hydrogens (tertiary/aromatic N) is 3. The first-order chi connectivity index (χ1) is 13.2. The lowest BCUT2D eigenvalue weighted by Gasteiger charge is -2.23. The largest absolute Gasteiger partial charge is 0.332 e. The van der Waals surface area contributed by atoms with Crippen molar-refractivity contribution in [2.45, 2.75) is 18.9 Å². The van der Waals surface area contributed by atoms with Crippen molar-refractivity contribution in [3.63, 3.8) is 0 Å². The van der Waals surface area contributed by atoms with Crippen molar-refractivity contribution in [3.05, 3.63) is 90.0 Å². The van der Waals surface area contributed by atoms with Crippen molar-refractivity contribution in [1.82, 2.24) is 14.7 Å². The molecule has 4 rings (SSSR count). The molecule has 0 spiro atoms. The van der Waals surface area contributed by atoms with Crippen molar-refractivity contribution in [3.8, 4) is 5.69 Å². The van der Waals surface area contributed by atoms with Gasteiger partial charge in [0.25, 0.3) is 0 Å². The maximum absolute atomic E-state index is 13.2. The maximum Gasteiger partial charge on any atom is 0.247 e. The van der Waals surface area contributed by atoms with Crippen LogP contribution in [0.15, 0.2) is 73.1 Å². The lowest BCUT2D eigenvalue weighted by molar-refractivity contribution is -0.126. The summed E-state index contributed by atoms with van der Waals surface area (Å²) < 4.78 is 14.9. The van der Waals surface area contributed by atoms with Crippen molar-refractivity contribution in [2.24, 2.45) is 0 Å².